The van der Waals surface area contributed by atoms with Gasteiger partial charge in [-0.2, -0.15) is 0 Å². The number of carbonyl (C=O) groups is 1. The lowest BCUT2D eigenvalue weighted by Crippen LogP contribution is -2.34. The van der Waals surface area contributed by atoms with Gasteiger partial charge in [-0.05, 0) is 92.4 Å². The lowest BCUT2D eigenvalue weighted by molar-refractivity contribution is 0.0947. The van der Waals surface area contributed by atoms with Gasteiger partial charge in [0.05, 0.1) is 0 Å². The number of aromatic hydroxyl groups is 1. The Labute approximate surface area is 189 Å². The molecule has 0 unspecified atom stereocenters. The summed E-state index contributed by atoms with van der Waals surface area (Å²) in [7, 11) is 0. The Morgan fingerprint density at radius 1 is 0.938 bits per heavy atom. The van der Waals surface area contributed by atoms with Crippen LogP contribution in [0.15, 0.2) is 78.9 Å². The maximum atomic E-state index is 12.5. The minimum atomic E-state index is -0.0439. The van der Waals surface area contributed by atoms with Crippen molar-refractivity contribution in [3.8, 4) is 17.2 Å². The van der Waals surface area contributed by atoms with Crippen molar-refractivity contribution in [2.45, 2.75) is 25.8 Å². The summed E-state index contributed by atoms with van der Waals surface area (Å²) in [6.07, 6.45) is 3.28. The summed E-state index contributed by atoms with van der Waals surface area (Å²) in [5.74, 6) is 2.41. The van der Waals surface area contributed by atoms with Crippen molar-refractivity contribution in [3.05, 3.63) is 90.0 Å². The molecule has 0 spiro atoms. The van der Waals surface area contributed by atoms with E-state index in [0.717, 1.165) is 50.2 Å². The number of likely N-dealkylation sites (tertiary alicyclic amines) is 1. The van der Waals surface area contributed by atoms with Crippen LogP contribution in [0.3, 0.4) is 0 Å². The Balaban J connectivity index is 1.16. The normalized spacial score (nSPS) is 14.8. The first kappa shape index (κ1) is 21.9. The van der Waals surface area contributed by atoms with Gasteiger partial charge in [0, 0.05) is 18.7 Å². The Bertz CT molecular complexity index is 997. The molecule has 2 N–H and O–H groups in total. The van der Waals surface area contributed by atoms with Crippen LogP contribution in [0.4, 0.5) is 0 Å². The minimum absolute atomic E-state index is 0.0439. The summed E-state index contributed by atoms with van der Waals surface area (Å²) in [6.45, 7) is 3.68. The highest BCUT2D eigenvalue weighted by molar-refractivity contribution is 5.94. The molecule has 5 nitrogen and oxygen atoms in total. The molecule has 32 heavy (non-hydrogen) atoms. The highest BCUT2D eigenvalue weighted by Crippen LogP contribution is 2.23. The number of phenols is 1. The summed E-state index contributed by atoms with van der Waals surface area (Å²) < 4.78 is 5.78. The fourth-order valence-electron chi connectivity index (χ4n) is 4.14. The number of rotatable bonds is 8. The second-order valence-corrected chi connectivity index (χ2v) is 8.37. The standard InChI is InChI=1S/C27H30N2O3/c30-24-6-4-5-22(19-24)20-29-17-14-21(15-18-29)13-16-28-27(31)23-9-11-26(12-10-23)32-25-7-2-1-3-8-25/h1-12,19,21,30H,13-18,20H2,(H,28,31). The SMILES string of the molecule is O=C(NCCC1CCN(Cc2cccc(O)c2)CC1)c1ccc(Oc2ccccc2)cc1. The van der Waals surface area contributed by atoms with Crippen LogP contribution in [-0.4, -0.2) is 35.5 Å². The third-order valence-electron chi connectivity index (χ3n) is 5.96. The molecule has 1 aliphatic heterocycles. The second kappa shape index (κ2) is 10.8. The zero-order chi connectivity index (χ0) is 22.2. The van der Waals surface area contributed by atoms with Gasteiger partial charge in [-0.1, -0.05) is 30.3 Å². The summed E-state index contributed by atoms with van der Waals surface area (Å²) in [5.41, 5.74) is 1.79. The van der Waals surface area contributed by atoms with Gasteiger partial charge in [0.2, 0.25) is 0 Å². The fourth-order valence-corrected chi connectivity index (χ4v) is 4.14. The van der Waals surface area contributed by atoms with Crippen molar-refractivity contribution in [2.24, 2.45) is 5.92 Å². The monoisotopic (exact) mass is 430 g/mol. The molecule has 3 aromatic rings. The van der Waals surface area contributed by atoms with E-state index in [1.165, 1.54) is 0 Å². The highest BCUT2D eigenvalue weighted by Gasteiger charge is 2.19. The second-order valence-electron chi connectivity index (χ2n) is 8.37. The van der Waals surface area contributed by atoms with Crippen LogP contribution >= 0.6 is 0 Å². The molecule has 1 heterocycles. The van der Waals surface area contributed by atoms with Gasteiger partial charge in [0.15, 0.2) is 0 Å². The van der Waals surface area contributed by atoms with Crippen LogP contribution in [0.1, 0.15) is 35.2 Å². The molecular weight excluding hydrogens is 400 g/mol. The van der Waals surface area contributed by atoms with Crippen LogP contribution in [0.2, 0.25) is 0 Å². The molecule has 4 rings (SSSR count). The first-order valence-electron chi connectivity index (χ1n) is 11.3. The van der Waals surface area contributed by atoms with Gasteiger partial charge in [-0.25, -0.2) is 0 Å². The van der Waals surface area contributed by atoms with Gasteiger partial charge in [0.1, 0.15) is 17.2 Å². The summed E-state index contributed by atoms with van der Waals surface area (Å²) in [4.78, 5) is 14.9. The number of nitrogens with one attached hydrogen (secondary N) is 1. The number of hydrogen-bond donors (Lipinski definition) is 2. The molecule has 0 atom stereocenters. The number of phenolic OH excluding ortho intramolecular Hbond substituents is 1. The molecule has 3 aromatic carbocycles. The largest absolute Gasteiger partial charge is 0.508 e. The topological polar surface area (TPSA) is 61.8 Å². The van der Waals surface area contributed by atoms with E-state index in [1.807, 2.05) is 54.6 Å². The van der Waals surface area contributed by atoms with Gasteiger partial charge in [-0.15, -0.1) is 0 Å². The van der Waals surface area contributed by atoms with E-state index >= 15 is 0 Å². The van der Waals surface area contributed by atoms with Gasteiger partial charge >= 0.3 is 0 Å². The quantitative estimate of drug-likeness (QED) is 0.515. The first-order valence-corrected chi connectivity index (χ1v) is 11.3. The number of carbonyl (C=O) groups excluding carboxylic acids is 1. The molecule has 0 saturated carbocycles. The van der Waals surface area contributed by atoms with E-state index in [9.17, 15) is 9.90 Å². The Hall–Kier alpha value is -3.31. The van der Waals surface area contributed by atoms with Gasteiger partial charge < -0.3 is 15.2 Å². The lowest BCUT2D eigenvalue weighted by Gasteiger charge is -2.32. The number of para-hydroxylation sites is 1. The molecule has 5 heteroatoms. The van der Waals surface area contributed by atoms with Crippen molar-refractivity contribution in [3.63, 3.8) is 0 Å². The van der Waals surface area contributed by atoms with Crippen molar-refractivity contribution in [1.82, 2.24) is 10.2 Å². The van der Waals surface area contributed by atoms with Crippen LogP contribution < -0.4 is 10.1 Å². The summed E-state index contributed by atoms with van der Waals surface area (Å²) in [6, 6.07) is 24.3. The summed E-state index contributed by atoms with van der Waals surface area (Å²) in [5, 5.41) is 12.7. The molecule has 0 radical (unpaired) electrons. The van der Waals surface area contributed by atoms with Crippen molar-refractivity contribution in [1.29, 1.82) is 0 Å². The molecule has 166 valence electrons. The smallest absolute Gasteiger partial charge is 0.251 e. The van der Waals surface area contributed by atoms with Gasteiger partial charge in [-0.3, -0.25) is 9.69 Å². The Kier molecular flexibility index (Phi) is 7.41. The van der Waals surface area contributed by atoms with E-state index in [4.69, 9.17) is 4.74 Å². The number of benzene rings is 3. The first-order chi connectivity index (χ1) is 15.7. The maximum Gasteiger partial charge on any atom is 0.251 e. The average molecular weight is 431 g/mol. The van der Waals surface area contributed by atoms with Crippen LogP contribution in [-0.2, 0) is 6.54 Å². The maximum absolute atomic E-state index is 12.5. The number of amides is 1. The molecule has 0 aromatic heterocycles. The molecule has 1 aliphatic rings. The average Bonchev–Trinajstić information content (AvgIpc) is 2.81. The predicted molar refractivity (Wildman–Crippen MR) is 126 cm³/mol. The Morgan fingerprint density at radius 2 is 1.66 bits per heavy atom. The zero-order valence-electron chi connectivity index (χ0n) is 18.2. The fraction of sp³-hybridized carbons (Fsp3) is 0.296. The van der Waals surface area contributed by atoms with E-state index in [-0.39, 0.29) is 5.91 Å². The number of hydrogen-bond acceptors (Lipinski definition) is 4. The van der Waals surface area contributed by atoms with Crippen molar-refractivity contribution < 1.29 is 14.6 Å². The van der Waals surface area contributed by atoms with Crippen LogP contribution in [0.5, 0.6) is 17.2 Å². The Morgan fingerprint density at radius 3 is 2.38 bits per heavy atom. The molecule has 1 saturated heterocycles. The lowest BCUT2D eigenvalue weighted by atomic mass is 9.93. The van der Waals surface area contributed by atoms with Crippen LogP contribution in [0.25, 0.3) is 0 Å². The van der Waals surface area contributed by atoms with Gasteiger partial charge in [0.25, 0.3) is 5.91 Å². The predicted octanol–water partition coefficient (Wildman–Crippen LogP) is 5.22. The van der Waals surface area contributed by atoms with E-state index in [0.29, 0.717) is 29.5 Å². The van der Waals surface area contributed by atoms with E-state index < -0.39 is 0 Å². The highest BCUT2D eigenvalue weighted by atomic mass is 16.5. The number of ether oxygens (including phenoxy) is 1. The van der Waals surface area contributed by atoms with Crippen molar-refractivity contribution >= 4 is 5.91 Å². The molecule has 0 bridgehead atoms. The molecule has 0 aliphatic carbocycles. The zero-order valence-corrected chi connectivity index (χ0v) is 18.2. The minimum Gasteiger partial charge on any atom is -0.508 e. The third kappa shape index (κ3) is 6.34. The van der Waals surface area contributed by atoms with E-state index in [1.54, 1.807) is 18.2 Å². The third-order valence-corrected chi connectivity index (χ3v) is 5.96. The van der Waals surface area contributed by atoms with Crippen molar-refractivity contribution in [2.75, 3.05) is 19.6 Å². The van der Waals surface area contributed by atoms with Crippen LogP contribution in [0, 0.1) is 5.92 Å². The molecular formula is C27H30N2O3. The molecule has 1 amide bonds. The number of nitrogens with zero attached hydrogens (tertiary/aromatic N) is 1. The summed E-state index contributed by atoms with van der Waals surface area (Å²) >= 11 is 0. The van der Waals surface area contributed by atoms with E-state index in [2.05, 4.69) is 16.3 Å². The molecule has 1 fully saturated rings. The number of piperidine rings is 1.